The number of hydrogen-bond acceptors (Lipinski definition) is 4. The van der Waals surface area contributed by atoms with Crippen LogP contribution in [-0.4, -0.2) is 54.5 Å². The normalized spacial score (nSPS) is 18.5. The predicted octanol–water partition coefficient (Wildman–Crippen LogP) is 2.41. The highest BCUT2D eigenvalue weighted by atomic mass is 16.2. The van der Waals surface area contributed by atoms with E-state index in [4.69, 9.17) is 0 Å². The number of carbonyl (C=O) groups excluding carboxylic acids is 2. The Bertz CT molecular complexity index is 613. The van der Waals surface area contributed by atoms with E-state index in [2.05, 4.69) is 28.6 Å². The van der Waals surface area contributed by atoms with Gasteiger partial charge < -0.3 is 10.6 Å². The average molecular weight is 344 g/mol. The summed E-state index contributed by atoms with van der Waals surface area (Å²) in [7, 11) is 2.19. The molecule has 0 bridgehead atoms. The molecule has 0 spiro atoms. The van der Waals surface area contributed by atoms with Crippen LogP contribution in [0.5, 0.6) is 0 Å². The second-order valence-corrected chi connectivity index (χ2v) is 6.99. The second-order valence-electron chi connectivity index (χ2n) is 6.99. The molecule has 6 nitrogen and oxygen atoms in total. The number of hydrogen-bond donors (Lipinski definition) is 2. The zero-order chi connectivity index (χ0) is 17.6. The predicted molar refractivity (Wildman–Crippen MR) is 98.4 cm³/mol. The Morgan fingerprint density at radius 3 is 2.76 bits per heavy atom. The van der Waals surface area contributed by atoms with Gasteiger partial charge in [0.15, 0.2) is 0 Å². The molecule has 0 radical (unpaired) electrons. The van der Waals surface area contributed by atoms with Gasteiger partial charge in [-0.2, -0.15) is 0 Å². The topological polar surface area (TPSA) is 64.7 Å². The Balaban J connectivity index is 1.58. The highest BCUT2D eigenvalue weighted by Gasteiger charge is 2.25. The lowest BCUT2D eigenvalue weighted by atomic mass is 9.94. The van der Waals surface area contributed by atoms with Crippen molar-refractivity contribution in [1.29, 1.82) is 0 Å². The Kier molecular flexibility index (Phi) is 5.91. The van der Waals surface area contributed by atoms with Crippen LogP contribution in [0, 0.1) is 0 Å². The molecular weight excluding hydrogens is 316 g/mol. The van der Waals surface area contributed by atoms with Gasteiger partial charge in [0.05, 0.1) is 6.54 Å². The summed E-state index contributed by atoms with van der Waals surface area (Å²) in [5, 5.41) is 5.88. The fourth-order valence-corrected chi connectivity index (χ4v) is 3.73. The number of anilines is 1. The Morgan fingerprint density at radius 2 is 2.04 bits per heavy atom. The second kappa shape index (κ2) is 8.34. The first kappa shape index (κ1) is 17.7. The summed E-state index contributed by atoms with van der Waals surface area (Å²) in [6.07, 6.45) is 6.54. The minimum Gasteiger partial charge on any atom is -0.376 e. The van der Waals surface area contributed by atoms with Crippen LogP contribution < -0.4 is 10.6 Å². The van der Waals surface area contributed by atoms with Crippen molar-refractivity contribution in [2.75, 3.05) is 32.0 Å². The maximum atomic E-state index is 12.2. The van der Waals surface area contributed by atoms with Gasteiger partial charge >= 0.3 is 6.03 Å². The highest BCUT2D eigenvalue weighted by molar-refractivity contribution is 5.97. The van der Waals surface area contributed by atoms with Crippen LogP contribution in [0.4, 0.5) is 10.5 Å². The van der Waals surface area contributed by atoms with Crippen molar-refractivity contribution in [1.82, 2.24) is 15.1 Å². The van der Waals surface area contributed by atoms with Crippen molar-refractivity contribution in [3.05, 3.63) is 29.8 Å². The molecule has 3 amide bonds. The largest absolute Gasteiger partial charge is 0.376 e. The van der Waals surface area contributed by atoms with E-state index in [9.17, 15) is 9.59 Å². The highest BCUT2D eigenvalue weighted by Crippen LogP contribution is 2.24. The number of urea groups is 1. The molecule has 1 aromatic rings. The molecule has 2 fully saturated rings. The van der Waals surface area contributed by atoms with E-state index in [1.807, 2.05) is 18.2 Å². The lowest BCUT2D eigenvalue weighted by Crippen LogP contribution is -2.38. The van der Waals surface area contributed by atoms with Crippen molar-refractivity contribution in [3.8, 4) is 0 Å². The molecule has 25 heavy (non-hydrogen) atoms. The molecule has 3 rings (SSSR count). The first-order valence-electron chi connectivity index (χ1n) is 9.25. The number of carbonyl (C=O) groups is 2. The van der Waals surface area contributed by atoms with Gasteiger partial charge in [-0.25, -0.2) is 4.79 Å². The van der Waals surface area contributed by atoms with Crippen molar-refractivity contribution < 1.29 is 9.59 Å². The zero-order valence-electron chi connectivity index (χ0n) is 15.0. The number of nitrogens with one attached hydrogen (secondary N) is 2. The van der Waals surface area contributed by atoms with E-state index < -0.39 is 0 Å². The quantitative estimate of drug-likeness (QED) is 0.832. The van der Waals surface area contributed by atoms with Crippen LogP contribution >= 0.6 is 0 Å². The minimum atomic E-state index is -0.294. The van der Waals surface area contributed by atoms with Crippen LogP contribution in [0.1, 0.15) is 37.7 Å². The third-order valence-electron chi connectivity index (χ3n) is 5.22. The van der Waals surface area contributed by atoms with Crippen LogP contribution in [0.15, 0.2) is 24.3 Å². The summed E-state index contributed by atoms with van der Waals surface area (Å²) in [5.74, 6) is -0.189. The molecule has 136 valence electrons. The molecule has 6 heteroatoms. The van der Waals surface area contributed by atoms with E-state index in [-0.39, 0.29) is 18.5 Å². The van der Waals surface area contributed by atoms with Crippen molar-refractivity contribution in [2.24, 2.45) is 0 Å². The standard InChI is InChI=1S/C19H28N4O2/c1-22(16-8-3-2-4-9-16)14-15-7-5-6-10-17(15)21-13-18(24)23-12-11-20-19(23)25/h5-7,10,16,21H,2-4,8-9,11-14H2,1H3,(H,20,25). The van der Waals surface area contributed by atoms with Crippen molar-refractivity contribution in [3.63, 3.8) is 0 Å². The molecule has 2 aliphatic rings. The summed E-state index contributed by atoms with van der Waals surface area (Å²) >= 11 is 0. The molecule has 2 N–H and O–H groups in total. The maximum absolute atomic E-state index is 12.2. The first-order valence-corrected chi connectivity index (χ1v) is 9.25. The number of benzene rings is 1. The monoisotopic (exact) mass is 344 g/mol. The van der Waals surface area contributed by atoms with Gasteiger partial charge in [0.25, 0.3) is 0 Å². The van der Waals surface area contributed by atoms with Crippen LogP contribution in [0.3, 0.4) is 0 Å². The molecule has 1 saturated heterocycles. The van der Waals surface area contributed by atoms with E-state index >= 15 is 0 Å². The van der Waals surface area contributed by atoms with Gasteiger partial charge in [0, 0.05) is 31.4 Å². The molecule has 0 unspecified atom stereocenters. The van der Waals surface area contributed by atoms with Gasteiger partial charge in [0.2, 0.25) is 5.91 Å². The molecule has 1 saturated carbocycles. The van der Waals surface area contributed by atoms with Crippen LogP contribution in [-0.2, 0) is 11.3 Å². The fourth-order valence-electron chi connectivity index (χ4n) is 3.73. The average Bonchev–Trinajstić information content (AvgIpc) is 3.07. The van der Waals surface area contributed by atoms with Gasteiger partial charge in [-0.3, -0.25) is 14.6 Å². The SMILES string of the molecule is CN(Cc1ccccc1NCC(=O)N1CCNC1=O)C1CCCCC1. The number of amides is 3. The van der Waals surface area contributed by atoms with E-state index in [1.165, 1.54) is 42.6 Å². The summed E-state index contributed by atoms with van der Waals surface area (Å²) < 4.78 is 0. The first-order chi connectivity index (χ1) is 12.1. The van der Waals surface area contributed by atoms with Crippen LogP contribution in [0.2, 0.25) is 0 Å². The van der Waals surface area contributed by atoms with Crippen molar-refractivity contribution >= 4 is 17.6 Å². The summed E-state index contributed by atoms with van der Waals surface area (Å²) in [6, 6.07) is 8.47. The minimum absolute atomic E-state index is 0.136. The van der Waals surface area contributed by atoms with Gasteiger partial charge in [-0.15, -0.1) is 0 Å². The Labute approximate surface area is 149 Å². The van der Waals surface area contributed by atoms with E-state index in [0.717, 1.165) is 12.2 Å². The smallest absolute Gasteiger partial charge is 0.324 e. The lowest BCUT2D eigenvalue weighted by Gasteiger charge is -2.31. The Hall–Kier alpha value is -2.08. The lowest BCUT2D eigenvalue weighted by molar-refractivity contribution is -0.125. The molecule has 1 aromatic carbocycles. The fraction of sp³-hybridized carbons (Fsp3) is 0.579. The molecule has 0 atom stereocenters. The van der Waals surface area contributed by atoms with Gasteiger partial charge in [0.1, 0.15) is 0 Å². The van der Waals surface area contributed by atoms with Crippen LogP contribution in [0.25, 0.3) is 0 Å². The molecule has 1 aliphatic carbocycles. The molecular formula is C19H28N4O2. The number of para-hydroxylation sites is 1. The maximum Gasteiger partial charge on any atom is 0.324 e. The Morgan fingerprint density at radius 1 is 1.28 bits per heavy atom. The van der Waals surface area contributed by atoms with E-state index in [0.29, 0.717) is 19.1 Å². The summed E-state index contributed by atoms with van der Waals surface area (Å²) in [6.45, 7) is 1.99. The molecule has 1 heterocycles. The molecule has 1 aliphatic heterocycles. The number of nitrogens with zero attached hydrogens (tertiary/aromatic N) is 2. The van der Waals surface area contributed by atoms with E-state index in [1.54, 1.807) is 0 Å². The number of imide groups is 1. The summed E-state index contributed by atoms with van der Waals surface area (Å²) in [5.41, 5.74) is 2.16. The third-order valence-corrected chi connectivity index (χ3v) is 5.22. The van der Waals surface area contributed by atoms with Gasteiger partial charge in [-0.1, -0.05) is 37.5 Å². The molecule has 0 aromatic heterocycles. The third kappa shape index (κ3) is 4.51. The van der Waals surface area contributed by atoms with Gasteiger partial charge in [-0.05, 0) is 31.5 Å². The number of rotatable bonds is 6. The van der Waals surface area contributed by atoms with Crippen molar-refractivity contribution in [2.45, 2.75) is 44.7 Å². The summed E-state index contributed by atoms with van der Waals surface area (Å²) in [4.78, 5) is 27.5. The zero-order valence-corrected chi connectivity index (χ0v) is 15.0.